The number of carbonyl (C=O) groups excluding carboxylic acids is 1. The monoisotopic (exact) mass is 288 g/mol. The lowest BCUT2D eigenvalue weighted by Gasteiger charge is -2.21. The molecule has 0 spiro atoms. The third-order valence-electron chi connectivity index (χ3n) is 2.89. The van der Waals surface area contributed by atoms with Crippen molar-refractivity contribution in [3.8, 4) is 0 Å². The van der Waals surface area contributed by atoms with Gasteiger partial charge in [-0.25, -0.2) is 4.79 Å². The zero-order valence-corrected chi connectivity index (χ0v) is 11.6. The summed E-state index contributed by atoms with van der Waals surface area (Å²) in [5, 5.41) is 2.50. The van der Waals surface area contributed by atoms with E-state index in [1.54, 1.807) is 4.90 Å². The van der Waals surface area contributed by atoms with Crippen molar-refractivity contribution in [3.63, 3.8) is 0 Å². The molecule has 0 fully saturated rings. The molecule has 0 aromatic heterocycles. The molecule has 0 saturated carbocycles. The molecule has 20 heavy (non-hydrogen) atoms. The average Bonchev–Trinajstić information content (AvgIpc) is 2.39. The fourth-order valence-corrected chi connectivity index (χ4v) is 1.73. The second-order valence-electron chi connectivity index (χ2n) is 4.44. The summed E-state index contributed by atoms with van der Waals surface area (Å²) < 4.78 is 37.7. The molecule has 0 heterocycles. The lowest BCUT2D eigenvalue weighted by molar-refractivity contribution is -0.137. The van der Waals surface area contributed by atoms with Crippen molar-refractivity contribution >= 4 is 11.7 Å². The van der Waals surface area contributed by atoms with E-state index in [9.17, 15) is 18.0 Å². The molecule has 1 aromatic carbocycles. The molecule has 0 aliphatic carbocycles. The van der Waals surface area contributed by atoms with Crippen molar-refractivity contribution < 1.29 is 18.0 Å². The highest BCUT2D eigenvalue weighted by Gasteiger charge is 2.30. The van der Waals surface area contributed by atoms with Crippen molar-refractivity contribution in [1.29, 1.82) is 0 Å². The van der Waals surface area contributed by atoms with Gasteiger partial charge in [-0.3, -0.25) is 0 Å². The van der Waals surface area contributed by atoms with E-state index in [1.165, 1.54) is 12.1 Å². The van der Waals surface area contributed by atoms with E-state index in [-0.39, 0.29) is 11.7 Å². The molecule has 0 saturated heterocycles. The minimum atomic E-state index is -4.41. The molecule has 0 atom stereocenters. The number of benzene rings is 1. The highest BCUT2D eigenvalue weighted by atomic mass is 19.4. The van der Waals surface area contributed by atoms with Gasteiger partial charge in [0, 0.05) is 18.8 Å². The number of urea groups is 1. The Hall–Kier alpha value is -1.72. The van der Waals surface area contributed by atoms with Gasteiger partial charge >= 0.3 is 12.2 Å². The molecule has 2 amide bonds. The molecule has 1 rings (SSSR count). The van der Waals surface area contributed by atoms with Crippen LogP contribution in [0.1, 0.15) is 32.3 Å². The Bertz CT molecular complexity index is 446. The number of amides is 2. The fourth-order valence-electron chi connectivity index (χ4n) is 1.73. The van der Waals surface area contributed by atoms with Crippen LogP contribution < -0.4 is 5.32 Å². The third-order valence-corrected chi connectivity index (χ3v) is 2.89. The van der Waals surface area contributed by atoms with Crippen molar-refractivity contribution in [2.75, 3.05) is 18.4 Å². The van der Waals surface area contributed by atoms with Crippen molar-refractivity contribution in [1.82, 2.24) is 4.90 Å². The van der Waals surface area contributed by atoms with Crippen LogP contribution in [0.15, 0.2) is 24.3 Å². The van der Waals surface area contributed by atoms with Crippen LogP contribution in [0, 0.1) is 0 Å². The summed E-state index contributed by atoms with van der Waals surface area (Å²) in [6.45, 7) is 4.96. The standard InChI is InChI=1S/C14H19F3N2O/c1-3-5-9-19(4-2)13(20)18-12-8-6-7-11(10-12)14(15,16)17/h6-8,10H,3-5,9H2,1-2H3,(H,18,20). The quantitative estimate of drug-likeness (QED) is 0.857. The molecular formula is C14H19F3N2O. The Kier molecular flexibility index (Phi) is 5.85. The number of rotatable bonds is 5. The Labute approximate surface area is 116 Å². The van der Waals surface area contributed by atoms with E-state index in [4.69, 9.17) is 0 Å². The van der Waals surface area contributed by atoms with Gasteiger partial charge in [-0.05, 0) is 31.5 Å². The highest BCUT2D eigenvalue weighted by molar-refractivity contribution is 5.89. The first-order valence-corrected chi connectivity index (χ1v) is 6.61. The summed E-state index contributed by atoms with van der Waals surface area (Å²) in [6, 6.07) is 4.26. The van der Waals surface area contributed by atoms with E-state index in [0.717, 1.165) is 25.0 Å². The zero-order chi connectivity index (χ0) is 15.2. The topological polar surface area (TPSA) is 32.3 Å². The predicted octanol–water partition coefficient (Wildman–Crippen LogP) is 4.36. The maximum Gasteiger partial charge on any atom is 0.416 e. The number of nitrogens with one attached hydrogen (secondary N) is 1. The van der Waals surface area contributed by atoms with Crippen LogP contribution >= 0.6 is 0 Å². The Balaban J connectivity index is 2.74. The minimum absolute atomic E-state index is 0.153. The van der Waals surface area contributed by atoms with Gasteiger partial charge in [0.05, 0.1) is 5.56 Å². The van der Waals surface area contributed by atoms with E-state index in [2.05, 4.69) is 5.32 Å². The van der Waals surface area contributed by atoms with E-state index in [1.807, 2.05) is 13.8 Å². The third kappa shape index (κ3) is 4.75. The molecular weight excluding hydrogens is 269 g/mol. The van der Waals surface area contributed by atoms with Crippen molar-refractivity contribution in [2.24, 2.45) is 0 Å². The second-order valence-corrected chi connectivity index (χ2v) is 4.44. The average molecular weight is 288 g/mol. The Morgan fingerprint density at radius 1 is 1.30 bits per heavy atom. The maximum absolute atomic E-state index is 12.6. The van der Waals surface area contributed by atoms with Gasteiger partial charge in [-0.2, -0.15) is 13.2 Å². The van der Waals surface area contributed by atoms with Gasteiger partial charge < -0.3 is 10.2 Å². The lowest BCUT2D eigenvalue weighted by atomic mass is 10.2. The normalized spacial score (nSPS) is 11.2. The number of hydrogen-bond acceptors (Lipinski definition) is 1. The van der Waals surface area contributed by atoms with E-state index >= 15 is 0 Å². The first-order chi connectivity index (χ1) is 9.38. The summed E-state index contributed by atoms with van der Waals surface area (Å²) in [6.07, 6.45) is -2.59. The Morgan fingerprint density at radius 2 is 2.00 bits per heavy atom. The smallest absolute Gasteiger partial charge is 0.325 e. The second kappa shape index (κ2) is 7.17. The van der Waals surface area contributed by atoms with Gasteiger partial charge in [0.25, 0.3) is 0 Å². The highest BCUT2D eigenvalue weighted by Crippen LogP contribution is 2.30. The minimum Gasteiger partial charge on any atom is -0.325 e. The molecule has 0 bridgehead atoms. The predicted molar refractivity (Wildman–Crippen MR) is 72.6 cm³/mol. The lowest BCUT2D eigenvalue weighted by Crippen LogP contribution is -2.35. The fraction of sp³-hybridized carbons (Fsp3) is 0.500. The molecule has 6 heteroatoms. The van der Waals surface area contributed by atoms with Crippen molar-refractivity contribution in [2.45, 2.75) is 32.9 Å². The summed E-state index contributed by atoms with van der Waals surface area (Å²) in [7, 11) is 0. The number of alkyl halides is 3. The van der Waals surface area contributed by atoms with Gasteiger partial charge in [0.15, 0.2) is 0 Å². The van der Waals surface area contributed by atoms with Crippen molar-refractivity contribution in [3.05, 3.63) is 29.8 Å². The number of nitrogens with zero attached hydrogens (tertiary/aromatic N) is 1. The van der Waals surface area contributed by atoms with E-state index < -0.39 is 11.7 Å². The van der Waals surface area contributed by atoms with Crippen LogP contribution in [-0.4, -0.2) is 24.0 Å². The molecule has 0 aliphatic rings. The molecule has 1 aromatic rings. The van der Waals surface area contributed by atoms with Crippen LogP contribution in [0.3, 0.4) is 0 Å². The first kappa shape index (κ1) is 16.3. The molecule has 3 nitrogen and oxygen atoms in total. The van der Waals surface area contributed by atoms with Gasteiger partial charge in [0.2, 0.25) is 0 Å². The Morgan fingerprint density at radius 3 is 2.55 bits per heavy atom. The van der Waals surface area contributed by atoms with E-state index in [0.29, 0.717) is 13.1 Å². The van der Waals surface area contributed by atoms with Crippen LogP contribution in [-0.2, 0) is 6.18 Å². The molecule has 1 N–H and O–H groups in total. The van der Waals surface area contributed by atoms with Crippen LogP contribution in [0.4, 0.5) is 23.7 Å². The van der Waals surface area contributed by atoms with Crippen LogP contribution in [0.5, 0.6) is 0 Å². The SMILES string of the molecule is CCCCN(CC)C(=O)Nc1cccc(C(F)(F)F)c1. The van der Waals surface area contributed by atoms with Gasteiger partial charge in [0.1, 0.15) is 0 Å². The number of anilines is 1. The zero-order valence-electron chi connectivity index (χ0n) is 11.6. The van der Waals surface area contributed by atoms with Gasteiger partial charge in [-0.1, -0.05) is 19.4 Å². The number of carbonyl (C=O) groups is 1. The number of unbranched alkanes of at least 4 members (excludes halogenated alkanes) is 1. The molecule has 0 radical (unpaired) electrons. The maximum atomic E-state index is 12.6. The molecule has 0 aliphatic heterocycles. The van der Waals surface area contributed by atoms with Crippen LogP contribution in [0.25, 0.3) is 0 Å². The molecule has 0 unspecified atom stereocenters. The number of halogens is 3. The van der Waals surface area contributed by atoms with Gasteiger partial charge in [-0.15, -0.1) is 0 Å². The van der Waals surface area contributed by atoms with Crippen LogP contribution in [0.2, 0.25) is 0 Å². The largest absolute Gasteiger partial charge is 0.416 e. The first-order valence-electron chi connectivity index (χ1n) is 6.61. The summed E-state index contributed by atoms with van der Waals surface area (Å²) in [5.41, 5.74) is -0.619. The summed E-state index contributed by atoms with van der Waals surface area (Å²) in [4.78, 5) is 13.5. The summed E-state index contributed by atoms with van der Waals surface area (Å²) >= 11 is 0. The summed E-state index contributed by atoms with van der Waals surface area (Å²) in [5.74, 6) is 0. The molecule has 112 valence electrons. The number of hydrogen-bond donors (Lipinski definition) is 1.